The van der Waals surface area contributed by atoms with E-state index in [-0.39, 0.29) is 29.4 Å². The van der Waals surface area contributed by atoms with Gasteiger partial charge in [-0.05, 0) is 42.5 Å². The van der Waals surface area contributed by atoms with Crippen LogP contribution in [-0.2, 0) is 14.6 Å². The number of benzene rings is 2. The number of anilines is 1. The zero-order valence-corrected chi connectivity index (χ0v) is 19.5. The Labute approximate surface area is 194 Å². The number of nitrogens with zero attached hydrogens (tertiary/aromatic N) is 2. The smallest absolute Gasteiger partial charge is 0.285 e. The summed E-state index contributed by atoms with van der Waals surface area (Å²) in [6.07, 6.45) is 0. The highest BCUT2D eigenvalue weighted by Crippen LogP contribution is 2.42. The predicted molar refractivity (Wildman–Crippen MR) is 124 cm³/mol. The Balaban J connectivity index is 1.58. The van der Waals surface area contributed by atoms with Crippen molar-refractivity contribution < 1.29 is 22.7 Å². The monoisotopic (exact) mass is 500 g/mol. The summed E-state index contributed by atoms with van der Waals surface area (Å²) < 4.78 is 35.0. The molecule has 0 unspecified atom stereocenters. The van der Waals surface area contributed by atoms with E-state index in [1.54, 1.807) is 47.4 Å². The van der Waals surface area contributed by atoms with Crippen LogP contribution < -0.4 is 14.4 Å². The molecule has 2 aliphatic heterocycles. The maximum absolute atomic E-state index is 12.5. The van der Waals surface area contributed by atoms with E-state index in [1.165, 1.54) is 18.9 Å². The number of sulfone groups is 1. The number of hydrogen-bond donors (Lipinski definition) is 0. The van der Waals surface area contributed by atoms with Crippen LogP contribution in [0.5, 0.6) is 11.5 Å². The fourth-order valence-corrected chi connectivity index (χ4v) is 7.80. The van der Waals surface area contributed by atoms with Gasteiger partial charge in [-0.25, -0.2) is 8.42 Å². The number of halogens is 2. The molecule has 4 rings (SSSR count). The van der Waals surface area contributed by atoms with Gasteiger partial charge >= 0.3 is 0 Å². The number of amidine groups is 1. The highest BCUT2D eigenvalue weighted by Gasteiger charge is 2.49. The maximum Gasteiger partial charge on any atom is 0.285 e. The first kappa shape index (κ1) is 22.3. The number of hydrogen-bond acceptors (Lipinski definition) is 6. The highest BCUT2D eigenvalue weighted by molar-refractivity contribution is 8.16. The molecule has 2 atom stereocenters. The average molecular weight is 501 g/mol. The summed E-state index contributed by atoms with van der Waals surface area (Å²) in [4.78, 5) is 18.5. The van der Waals surface area contributed by atoms with Gasteiger partial charge in [-0.2, -0.15) is 4.99 Å². The first-order valence-corrected chi connectivity index (χ1v) is 12.7. The fourth-order valence-electron chi connectivity index (χ4n) is 3.49. The van der Waals surface area contributed by atoms with Crippen LogP contribution in [0.2, 0.25) is 10.0 Å². The second kappa shape index (κ2) is 8.90. The van der Waals surface area contributed by atoms with Crippen molar-refractivity contribution in [1.29, 1.82) is 0 Å². The fraction of sp³-hybridized carbons (Fsp3) is 0.300. The summed E-state index contributed by atoms with van der Waals surface area (Å²) in [7, 11) is -1.65. The van der Waals surface area contributed by atoms with Crippen LogP contribution >= 0.6 is 35.0 Å². The first-order chi connectivity index (χ1) is 14.8. The van der Waals surface area contributed by atoms with Crippen molar-refractivity contribution in [3.63, 3.8) is 0 Å². The lowest BCUT2D eigenvalue weighted by atomic mass is 10.2. The Morgan fingerprint density at radius 2 is 1.94 bits per heavy atom. The molecule has 0 spiro atoms. The molecule has 31 heavy (non-hydrogen) atoms. The van der Waals surface area contributed by atoms with Crippen LogP contribution in [0.25, 0.3) is 0 Å². The molecule has 0 bridgehead atoms. The number of fused-ring (bicyclic) bond motifs is 1. The van der Waals surface area contributed by atoms with Gasteiger partial charge in [0.25, 0.3) is 5.91 Å². The molecular weight excluding hydrogens is 483 g/mol. The normalized spacial score (nSPS) is 23.1. The molecule has 0 aliphatic carbocycles. The molecule has 2 aliphatic rings. The Hall–Kier alpha value is -1.94. The summed E-state index contributed by atoms with van der Waals surface area (Å²) in [6, 6.07) is 11.5. The number of ether oxygens (including phenoxy) is 2. The number of carbonyl (C=O) groups is 1. The number of aliphatic imine (C=N–C) groups is 1. The molecule has 2 heterocycles. The maximum atomic E-state index is 12.5. The van der Waals surface area contributed by atoms with Gasteiger partial charge in [0.05, 0.1) is 29.7 Å². The molecule has 164 valence electrons. The van der Waals surface area contributed by atoms with Crippen LogP contribution in [-0.4, -0.2) is 56.0 Å². The summed E-state index contributed by atoms with van der Waals surface area (Å²) in [6.45, 7) is -0.253. The van der Waals surface area contributed by atoms with Crippen LogP contribution in [0.3, 0.4) is 0 Å². The minimum absolute atomic E-state index is 0.0111. The lowest BCUT2D eigenvalue weighted by Crippen LogP contribution is -2.37. The predicted octanol–water partition coefficient (Wildman–Crippen LogP) is 3.68. The van der Waals surface area contributed by atoms with Gasteiger partial charge in [0, 0.05) is 16.0 Å². The van der Waals surface area contributed by atoms with Gasteiger partial charge in [0.1, 0.15) is 11.5 Å². The molecule has 2 aromatic carbocycles. The van der Waals surface area contributed by atoms with E-state index < -0.39 is 15.7 Å². The van der Waals surface area contributed by atoms with Gasteiger partial charge in [-0.3, -0.25) is 4.79 Å². The summed E-state index contributed by atoms with van der Waals surface area (Å²) in [5.74, 6) is 0.544. The Morgan fingerprint density at radius 3 is 2.61 bits per heavy atom. The number of carbonyl (C=O) groups excluding carboxylic acids is 1. The van der Waals surface area contributed by atoms with Crippen molar-refractivity contribution in [2.45, 2.75) is 11.3 Å². The molecule has 0 N–H and O–H groups in total. The van der Waals surface area contributed by atoms with Crippen molar-refractivity contribution in [3.05, 3.63) is 52.5 Å². The SMILES string of the molecule is COc1ccc(N2C(=NC(=O)COc3ccc(Cl)cc3)S[C@H]3CS(=O)(=O)C[C@H]32)cc1Cl. The summed E-state index contributed by atoms with van der Waals surface area (Å²) >= 11 is 13.4. The number of methoxy groups -OCH3 is 1. The van der Waals surface area contributed by atoms with Crippen LogP contribution in [0.15, 0.2) is 47.5 Å². The van der Waals surface area contributed by atoms with Crippen LogP contribution in [0.4, 0.5) is 5.69 Å². The van der Waals surface area contributed by atoms with Gasteiger partial charge in [-0.1, -0.05) is 35.0 Å². The molecule has 2 saturated heterocycles. The van der Waals surface area contributed by atoms with E-state index in [0.29, 0.717) is 32.4 Å². The van der Waals surface area contributed by atoms with Crippen molar-refractivity contribution in [3.8, 4) is 11.5 Å². The summed E-state index contributed by atoms with van der Waals surface area (Å²) in [5, 5.41) is 1.16. The van der Waals surface area contributed by atoms with Gasteiger partial charge in [0.15, 0.2) is 21.6 Å². The zero-order valence-electron chi connectivity index (χ0n) is 16.3. The minimum atomic E-state index is -3.17. The quantitative estimate of drug-likeness (QED) is 0.618. The molecule has 0 radical (unpaired) electrons. The third kappa shape index (κ3) is 4.95. The van der Waals surface area contributed by atoms with Crippen molar-refractivity contribution in [2.75, 3.05) is 30.1 Å². The third-order valence-corrected chi connectivity index (χ3v) is 8.63. The number of rotatable bonds is 5. The van der Waals surface area contributed by atoms with Gasteiger partial charge in [0.2, 0.25) is 0 Å². The first-order valence-electron chi connectivity index (χ1n) is 9.25. The van der Waals surface area contributed by atoms with Gasteiger partial charge in [-0.15, -0.1) is 0 Å². The van der Waals surface area contributed by atoms with Crippen molar-refractivity contribution >= 4 is 61.6 Å². The van der Waals surface area contributed by atoms with E-state index >= 15 is 0 Å². The largest absolute Gasteiger partial charge is 0.495 e. The standard InChI is InChI=1S/C20H18Cl2N2O5S2/c1-28-17-7-4-13(8-15(17)22)24-16-10-31(26,27)11-18(16)30-20(24)23-19(25)9-29-14-5-2-12(21)3-6-14/h2-8,16,18H,9-11H2,1H3/t16-,18+/m1/s1. The second-order valence-electron chi connectivity index (χ2n) is 7.02. The van der Waals surface area contributed by atoms with E-state index in [0.717, 1.165) is 0 Å². The summed E-state index contributed by atoms with van der Waals surface area (Å²) in [5.41, 5.74) is 0.646. The Morgan fingerprint density at radius 1 is 1.19 bits per heavy atom. The lowest BCUT2D eigenvalue weighted by molar-refractivity contribution is -0.119. The van der Waals surface area contributed by atoms with E-state index in [9.17, 15) is 13.2 Å². The van der Waals surface area contributed by atoms with E-state index in [1.807, 2.05) is 0 Å². The van der Waals surface area contributed by atoms with Crippen LogP contribution in [0.1, 0.15) is 0 Å². The number of thioether (sulfide) groups is 1. The molecule has 0 aromatic heterocycles. The Kier molecular flexibility index (Phi) is 6.39. The van der Waals surface area contributed by atoms with E-state index in [4.69, 9.17) is 32.7 Å². The molecular formula is C20H18Cl2N2O5S2. The third-order valence-electron chi connectivity index (χ3n) is 4.88. The lowest BCUT2D eigenvalue weighted by Gasteiger charge is -2.25. The van der Waals surface area contributed by atoms with Crippen LogP contribution in [0, 0.1) is 0 Å². The molecule has 2 fully saturated rings. The second-order valence-corrected chi connectivity index (χ2v) is 11.2. The minimum Gasteiger partial charge on any atom is -0.495 e. The molecule has 0 saturated carbocycles. The number of amides is 1. The average Bonchev–Trinajstić information content (AvgIpc) is 3.18. The zero-order chi connectivity index (χ0) is 22.2. The molecule has 1 amide bonds. The molecule has 2 aromatic rings. The topological polar surface area (TPSA) is 85.3 Å². The van der Waals surface area contributed by atoms with Crippen molar-refractivity contribution in [2.24, 2.45) is 4.99 Å². The van der Waals surface area contributed by atoms with Crippen molar-refractivity contribution in [1.82, 2.24) is 0 Å². The molecule has 7 nitrogen and oxygen atoms in total. The van der Waals surface area contributed by atoms with E-state index in [2.05, 4.69) is 4.99 Å². The Bertz CT molecular complexity index is 1140. The highest BCUT2D eigenvalue weighted by atomic mass is 35.5. The molecule has 11 heteroatoms. The van der Waals surface area contributed by atoms with Gasteiger partial charge < -0.3 is 14.4 Å².